The number of fused-ring (bicyclic) bond motifs is 1. The predicted molar refractivity (Wildman–Crippen MR) is 53.7 cm³/mol. The molecule has 0 aliphatic heterocycles. The molecule has 1 aromatic heterocycles. The van der Waals surface area contributed by atoms with Gasteiger partial charge in [-0.3, -0.25) is 0 Å². The van der Waals surface area contributed by atoms with E-state index in [0.717, 1.165) is 6.42 Å². The minimum atomic E-state index is 1.10. The van der Waals surface area contributed by atoms with Gasteiger partial charge in [-0.05, 0) is 24.5 Å². The Morgan fingerprint density at radius 1 is 1.42 bits per heavy atom. The van der Waals surface area contributed by atoms with Gasteiger partial charge in [0.25, 0.3) is 0 Å². The number of hydrogen-bond acceptors (Lipinski definition) is 2. The quantitative estimate of drug-likeness (QED) is 0.652. The van der Waals surface area contributed by atoms with Crippen molar-refractivity contribution >= 4 is 21.6 Å². The molecule has 0 saturated carbocycles. The van der Waals surface area contributed by atoms with Gasteiger partial charge < -0.3 is 0 Å². The van der Waals surface area contributed by atoms with Crippen LogP contribution in [0.1, 0.15) is 18.1 Å². The number of aromatic nitrogens is 1. The van der Waals surface area contributed by atoms with E-state index in [1.54, 1.807) is 11.3 Å². The van der Waals surface area contributed by atoms with Crippen molar-refractivity contribution in [2.45, 2.75) is 20.3 Å². The molecule has 12 heavy (non-hydrogen) atoms. The first-order valence-electron chi connectivity index (χ1n) is 4.14. The lowest BCUT2D eigenvalue weighted by molar-refractivity contribution is 1.16. The van der Waals surface area contributed by atoms with Crippen molar-refractivity contribution in [2.24, 2.45) is 0 Å². The van der Waals surface area contributed by atoms with Crippen molar-refractivity contribution in [2.75, 3.05) is 0 Å². The molecule has 2 rings (SSSR count). The van der Waals surface area contributed by atoms with Gasteiger partial charge in [0.05, 0.1) is 15.7 Å². The largest absolute Gasteiger partial charge is 0.244 e. The molecule has 2 heteroatoms. The second-order valence-electron chi connectivity index (χ2n) is 2.93. The molecule has 0 radical (unpaired) electrons. The van der Waals surface area contributed by atoms with Crippen LogP contribution in [0.4, 0.5) is 0 Å². The minimum absolute atomic E-state index is 1.10. The van der Waals surface area contributed by atoms with Gasteiger partial charge in [-0.2, -0.15) is 0 Å². The molecule has 0 aliphatic carbocycles. The maximum Gasteiger partial charge on any atom is 0.0843 e. The summed E-state index contributed by atoms with van der Waals surface area (Å²) in [6, 6.07) is 4.36. The summed E-state index contributed by atoms with van der Waals surface area (Å²) in [6.07, 6.45) is 1.10. The molecule has 0 spiro atoms. The minimum Gasteiger partial charge on any atom is -0.244 e. The summed E-state index contributed by atoms with van der Waals surface area (Å²) in [5.41, 5.74) is 5.80. The normalized spacial score (nSPS) is 10.8. The molecule has 1 nitrogen and oxygen atoms in total. The lowest BCUT2D eigenvalue weighted by atomic mass is 10.1. The van der Waals surface area contributed by atoms with E-state index in [2.05, 4.69) is 31.0 Å². The monoisotopic (exact) mass is 177 g/mol. The van der Waals surface area contributed by atoms with E-state index < -0.39 is 0 Å². The Kier molecular flexibility index (Phi) is 1.85. The van der Waals surface area contributed by atoms with Gasteiger partial charge in [-0.25, -0.2) is 4.98 Å². The van der Waals surface area contributed by atoms with Gasteiger partial charge >= 0.3 is 0 Å². The van der Waals surface area contributed by atoms with E-state index in [1.807, 2.05) is 5.51 Å². The summed E-state index contributed by atoms with van der Waals surface area (Å²) in [5, 5.41) is 0. The molecule has 2 aromatic rings. The zero-order chi connectivity index (χ0) is 8.55. The highest BCUT2D eigenvalue weighted by molar-refractivity contribution is 7.17. The van der Waals surface area contributed by atoms with Gasteiger partial charge in [0.15, 0.2) is 0 Å². The molecule has 0 N–H and O–H groups in total. The van der Waals surface area contributed by atoms with Crippen LogP contribution < -0.4 is 0 Å². The smallest absolute Gasteiger partial charge is 0.0843 e. The standard InChI is InChI=1S/C10H11NS/c1-3-8-5-4-7(2)9-10(8)12-6-11-9/h4-6H,3H2,1-2H3. The fourth-order valence-corrected chi connectivity index (χ4v) is 2.37. The van der Waals surface area contributed by atoms with E-state index in [0.29, 0.717) is 0 Å². The Morgan fingerprint density at radius 3 is 3.00 bits per heavy atom. The van der Waals surface area contributed by atoms with Gasteiger partial charge in [0.2, 0.25) is 0 Å². The average molecular weight is 177 g/mol. The van der Waals surface area contributed by atoms with Crippen LogP contribution >= 0.6 is 11.3 Å². The second-order valence-corrected chi connectivity index (χ2v) is 3.78. The number of aryl methyl sites for hydroxylation is 2. The van der Waals surface area contributed by atoms with Crippen molar-refractivity contribution in [1.29, 1.82) is 0 Å². The van der Waals surface area contributed by atoms with Gasteiger partial charge in [0, 0.05) is 0 Å². The summed E-state index contributed by atoms with van der Waals surface area (Å²) < 4.78 is 1.36. The van der Waals surface area contributed by atoms with Crippen molar-refractivity contribution in [3.8, 4) is 0 Å². The summed E-state index contributed by atoms with van der Waals surface area (Å²) in [6.45, 7) is 4.30. The molecule has 0 atom stereocenters. The maximum atomic E-state index is 4.35. The van der Waals surface area contributed by atoms with E-state index in [1.165, 1.54) is 21.3 Å². The summed E-state index contributed by atoms with van der Waals surface area (Å²) in [4.78, 5) is 4.35. The third-order valence-corrected chi connectivity index (χ3v) is 3.05. The Labute approximate surface area is 76.1 Å². The van der Waals surface area contributed by atoms with E-state index in [-0.39, 0.29) is 0 Å². The van der Waals surface area contributed by atoms with Crippen molar-refractivity contribution < 1.29 is 0 Å². The van der Waals surface area contributed by atoms with Crippen LogP contribution in [0, 0.1) is 6.92 Å². The number of hydrogen-bond donors (Lipinski definition) is 0. The first-order chi connectivity index (χ1) is 5.83. The molecule has 0 fully saturated rings. The molecule has 0 unspecified atom stereocenters. The van der Waals surface area contributed by atoms with Crippen LogP contribution in [0.2, 0.25) is 0 Å². The molecule has 0 aliphatic rings. The van der Waals surface area contributed by atoms with Gasteiger partial charge in [-0.15, -0.1) is 11.3 Å². The molecule has 1 aromatic carbocycles. The van der Waals surface area contributed by atoms with Crippen LogP contribution in [-0.2, 0) is 6.42 Å². The number of benzene rings is 1. The Hall–Kier alpha value is -0.890. The van der Waals surface area contributed by atoms with Crippen LogP contribution in [0.15, 0.2) is 17.6 Å². The maximum absolute atomic E-state index is 4.35. The summed E-state index contributed by atoms with van der Waals surface area (Å²) in [5.74, 6) is 0. The molecule has 62 valence electrons. The fraction of sp³-hybridized carbons (Fsp3) is 0.300. The Bertz CT molecular complexity index is 403. The second kappa shape index (κ2) is 2.87. The average Bonchev–Trinajstić information content (AvgIpc) is 2.54. The molecular weight excluding hydrogens is 166 g/mol. The van der Waals surface area contributed by atoms with Gasteiger partial charge in [0.1, 0.15) is 0 Å². The highest BCUT2D eigenvalue weighted by Gasteiger charge is 2.03. The highest BCUT2D eigenvalue weighted by atomic mass is 32.1. The van der Waals surface area contributed by atoms with Crippen LogP contribution in [0.25, 0.3) is 10.2 Å². The lowest BCUT2D eigenvalue weighted by Gasteiger charge is -1.99. The molecule has 1 heterocycles. The molecule has 0 saturated heterocycles. The number of thiazole rings is 1. The predicted octanol–water partition coefficient (Wildman–Crippen LogP) is 3.17. The third-order valence-electron chi connectivity index (χ3n) is 2.15. The van der Waals surface area contributed by atoms with E-state index in [9.17, 15) is 0 Å². The zero-order valence-electron chi connectivity index (χ0n) is 7.29. The van der Waals surface area contributed by atoms with Crippen molar-refractivity contribution in [3.63, 3.8) is 0 Å². The Morgan fingerprint density at radius 2 is 2.25 bits per heavy atom. The number of nitrogens with zero attached hydrogens (tertiary/aromatic N) is 1. The van der Waals surface area contributed by atoms with Gasteiger partial charge in [-0.1, -0.05) is 19.1 Å². The SMILES string of the molecule is CCc1ccc(C)c2ncsc12. The topological polar surface area (TPSA) is 12.9 Å². The lowest BCUT2D eigenvalue weighted by Crippen LogP contribution is -1.82. The number of rotatable bonds is 1. The zero-order valence-corrected chi connectivity index (χ0v) is 8.11. The van der Waals surface area contributed by atoms with E-state index >= 15 is 0 Å². The summed E-state index contributed by atoms with van der Waals surface area (Å²) in [7, 11) is 0. The van der Waals surface area contributed by atoms with Crippen LogP contribution in [0.5, 0.6) is 0 Å². The first-order valence-corrected chi connectivity index (χ1v) is 5.02. The van der Waals surface area contributed by atoms with Crippen LogP contribution in [-0.4, -0.2) is 4.98 Å². The Balaban J connectivity index is 2.82. The first kappa shape index (κ1) is 7.74. The summed E-state index contributed by atoms with van der Waals surface area (Å²) >= 11 is 1.74. The molecule has 0 amide bonds. The molecular formula is C10H11NS. The fourth-order valence-electron chi connectivity index (χ4n) is 1.41. The van der Waals surface area contributed by atoms with Crippen LogP contribution in [0.3, 0.4) is 0 Å². The highest BCUT2D eigenvalue weighted by Crippen LogP contribution is 2.25. The van der Waals surface area contributed by atoms with Crippen molar-refractivity contribution in [3.05, 3.63) is 28.8 Å². The van der Waals surface area contributed by atoms with Crippen molar-refractivity contribution in [1.82, 2.24) is 4.98 Å². The third kappa shape index (κ3) is 1.03. The van der Waals surface area contributed by atoms with E-state index in [4.69, 9.17) is 0 Å². The molecule has 0 bridgehead atoms.